The van der Waals surface area contributed by atoms with E-state index < -0.39 is 55.1 Å². The van der Waals surface area contributed by atoms with Crippen LogP contribution >= 0.6 is 7.60 Å². The fourth-order valence-corrected chi connectivity index (χ4v) is 7.31. The van der Waals surface area contributed by atoms with Gasteiger partial charge in [0.15, 0.2) is 5.85 Å². The van der Waals surface area contributed by atoms with Gasteiger partial charge in [-0.1, -0.05) is 76.3 Å². The third-order valence-electron chi connectivity index (χ3n) is 7.57. The number of alkyl carbamates (subject to hydrolysis) is 1. The van der Waals surface area contributed by atoms with Crippen LogP contribution in [0.2, 0.25) is 0 Å². The summed E-state index contributed by atoms with van der Waals surface area (Å²) in [5.41, 5.74) is 0.0472. The van der Waals surface area contributed by atoms with Crippen LogP contribution < -0.4 is 16.0 Å². The van der Waals surface area contributed by atoms with E-state index in [1.807, 2.05) is 44.2 Å². The number of benzene rings is 1. The van der Waals surface area contributed by atoms with E-state index in [4.69, 9.17) is 13.8 Å². The van der Waals surface area contributed by atoms with E-state index in [2.05, 4.69) is 16.0 Å². The smallest absolute Gasteiger partial charge is 0.408 e. The molecule has 1 aromatic rings. The molecule has 11 nitrogen and oxygen atoms in total. The predicted octanol–water partition coefficient (Wildman–Crippen LogP) is 5.69. The Kier molecular flexibility index (Phi) is 16.0. The molecule has 256 valence electrons. The standard InChI is InChI=1S/C33H56N3O8P/c1-8-42-45(41,43-9-2)31(39)28(22-25-18-14-11-15-19-25)35-29(37)26(20-23(3)4)34-30(38)27(21-24-16-12-10-13-17-24)36-32(40)44-33(5,6)7/h10,12-13,16-17,23,25-28,31,39H,8-9,11,14-15,18-22H2,1-7H3,(H,34,38)(H,35,37)(H,36,40)/t26-,27-,28-,31+/m0/s1. The van der Waals surface area contributed by atoms with E-state index in [1.165, 1.54) is 0 Å². The lowest BCUT2D eigenvalue weighted by molar-refractivity contribution is -0.131. The number of aliphatic hydroxyl groups excluding tert-OH is 1. The zero-order valence-corrected chi connectivity index (χ0v) is 29.1. The summed E-state index contributed by atoms with van der Waals surface area (Å²) in [4.78, 5) is 40.3. The van der Waals surface area contributed by atoms with Crippen molar-refractivity contribution in [2.24, 2.45) is 11.8 Å². The minimum absolute atomic E-state index is 0.0205. The molecule has 0 aromatic heterocycles. The van der Waals surface area contributed by atoms with E-state index in [0.717, 1.165) is 37.7 Å². The van der Waals surface area contributed by atoms with Gasteiger partial charge in [0, 0.05) is 6.42 Å². The van der Waals surface area contributed by atoms with Gasteiger partial charge in [0.2, 0.25) is 11.8 Å². The number of carbonyl (C=O) groups is 3. The Morgan fingerprint density at radius 3 is 2.02 bits per heavy atom. The molecule has 4 N–H and O–H groups in total. The first-order chi connectivity index (χ1) is 21.2. The molecular weight excluding hydrogens is 597 g/mol. The molecule has 0 radical (unpaired) electrons. The summed E-state index contributed by atoms with van der Waals surface area (Å²) < 4.78 is 29.9. The highest BCUT2D eigenvalue weighted by Crippen LogP contribution is 2.54. The van der Waals surface area contributed by atoms with Gasteiger partial charge in [0.05, 0.1) is 19.3 Å². The topological polar surface area (TPSA) is 152 Å². The molecule has 1 fully saturated rings. The zero-order chi connectivity index (χ0) is 33.6. The maximum atomic E-state index is 13.9. The van der Waals surface area contributed by atoms with Crippen LogP contribution in [0, 0.1) is 11.8 Å². The lowest BCUT2D eigenvalue weighted by Crippen LogP contribution is -2.57. The average molecular weight is 654 g/mol. The molecule has 3 amide bonds. The molecule has 4 atom stereocenters. The van der Waals surface area contributed by atoms with Crippen molar-refractivity contribution in [2.45, 2.75) is 129 Å². The molecule has 12 heteroatoms. The maximum Gasteiger partial charge on any atom is 0.408 e. The molecule has 45 heavy (non-hydrogen) atoms. The lowest BCUT2D eigenvalue weighted by Gasteiger charge is -2.34. The minimum atomic E-state index is -3.97. The number of carbonyl (C=O) groups excluding carboxylic acids is 3. The van der Waals surface area contributed by atoms with Gasteiger partial charge < -0.3 is 34.8 Å². The second-order valence-electron chi connectivity index (χ2n) is 13.2. The number of rotatable bonds is 17. The van der Waals surface area contributed by atoms with Crippen molar-refractivity contribution in [3.8, 4) is 0 Å². The summed E-state index contributed by atoms with van der Waals surface area (Å²) in [6.45, 7) is 12.5. The summed E-state index contributed by atoms with van der Waals surface area (Å²) >= 11 is 0. The van der Waals surface area contributed by atoms with Gasteiger partial charge in [0.25, 0.3) is 0 Å². The van der Waals surface area contributed by atoms with Crippen molar-refractivity contribution in [1.29, 1.82) is 0 Å². The van der Waals surface area contributed by atoms with Crippen LogP contribution in [0.4, 0.5) is 4.79 Å². The van der Waals surface area contributed by atoms with Crippen molar-refractivity contribution in [1.82, 2.24) is 16.0 Å². The summed E-state index contributed by atoms with van der Waals surface area (Å²) in [5.74, 6) is -2.41. The van der Waals surface area contributed by atoms with Crippen molar-refractivity contribution in [3.63, 3.8) is 0 Å². The largest absolute Gasteiger partial charge is 0.444 e. The lowest BCUT2D eigenvalue weighted by atomic mass is 9.85. The van der Waals surface area contributed by atoms with E-state index in [1.54, 1.807) is 34.6 Å². The van der Waals surface area contributed by atoms with E-state index >= 15 is 0 Å². The third kappa shape index (κ3) is 13.8. The molecule has 2 rings (SSSR count). The van der Waals surface area contributed by atoms with Gasteiger partial charge in [-0.2, -0.15) is 0 Å². The summed E-state index contributed by atoms with van der Waals surface area (Å²) in [6, 6.07) is 6.30. The Hall–Kier alpha value is -2.46. The zero-order valence-electron chi connectivity index (χ0n) is 28.2. The van der Waals surface area contributed by atoms with Gasteiger partial charge in [-0.3, -0.25) is 14.2 Å². The summed E-state index contributed by atoms with van der Waals surface area (Å²) in [5, 5.41) is 19.8. The molecule has 1 aromatic carbocycles. The molecule has 0 heterocycles. The number of aliphatic hydroxyl groups is 1. The number of ether oxygens (including phenoxy) is 1. The average Bonchev–Trinajstić information content (AvgIpc) is 2.95. The monoisotopic (exact) mass is 653 g/mol. The Morgan fingerprint density at radius 1 is 0.911 bits per heavy atom. The normalized spacial score (nSPS) is 17.2. The predicted molar refractivity (Wildman–Crippen MR) is 175 cm³/mol. The first-order valence-corrected chi connectivity index (χ1v) is 18.0. The van der Waals surface area contributed by atoms with Gasteiger partial charge in [-0.05, 0) is 64.9 Å². The van der Waals surface area contributed by atoms with E-state index in [0.29, 0.717) is 12.8 Å². The van der Waals surface area contributed by atoms with Gasteiger partial charge >= 0.3 is 13.7 Å². The molecule has 0 bridgehead atoms. The highest BCUT2D eigenvalue weighted by Gasteiger charge is 2.42. The van der Waals surface area contributed by atoms with Crippen LogP contribution in [-0.2, 0) is 34.4 Å². The van der Waals surface area contributed by atoms with Crippen molar-refractivity contribution in [2.75, 3.05) is 13.2 Å². The quantitative estimate of drug-likeness (QED) is 0.157. The molecule has 1 aliphatic rings. The minimum Gasteiger partial charge on any atom is -0.444 e. The molecule has 0 saturated heterocycles. The van der Waals surface area contributed by atoms with Crippen LogP contribution in [0.25, 0.3) is 0 Å². The third-order valence-corrected chi connectivity index (χ3v) is 9.82. The molecule has 0 spiro atoms. The van der Waals surface area contributed by atoms with E-state index in [-0.39, 0.29) is 31.5 Å². The molecule has 1 saturated carbocycles. The first-order valence-electron chi connectivity index (χ1n) is 16.4. The summed E-state index contributed by atoms with van der Waals surface area (Å²) in [7, 11) is -3.97. The summed E-state index contributed by atoms with van der Waals surface area (Å²) in [6.07, 6.45) is 5.24. The number of hydrogen-bond acceptors (Lipinski definition) is 8. The van der Waals surface area contributed by atoms with Crippen LogP contribution in [0.3, 0.4) is 0 Å². The number of amides is 3. The SMILES string of the molecule is CCOP(=O)(OCC)[C@@H](O)[C@H](CC1CCCCC1)NC(=O)[C@H](CC(C)C)NC(=O)[C@H](Cc1ccccc1)NC(=O)OC(C)(C)C. The van der Waals surface area contributed by atoms with Crippen LogP contribution in [0.15, 0.2) is 30.3 Å². The highest BCUT2D eigenvalue weighted by molar-refractivity contribution is 7.54. The Labute approximate surface area is 269 Å². The van der Waals surface area contributed by atoms with Gasteiger partial charge in [-0.25, -0.2) is 4.79 Å². The highest BCUT2D eigenvalue weighted by atomic mass is 31.2. The van der Waals surface area contributed by atoms with Gasteiger partial charge in [-0.15, -0.1) is 0 Å². The van der Waals surface area contributed by atoms with Crippen LogP contribution in [0.1, 0.15) is 99.0 Å². The maximum absolute atomic E-state index is 13.9. The fourth-order valence-electron chi connectivity index (χ4n) is 5.57. The molecule has 0 aliphatic heterocycles. The second kappa shape index (κ2) is 18.6. The van der Waals surface area contributed by atoms with Crippen molar-refractivity contribution >= 4 is 25.5 Å². The second-order valence-corrected chi connectivity index (χ2v) is 15.3. The Balaban J connectivity index is 2.33. The molecule has 1 aliphatic carbocycles. The molecular formula is C33H56N3O8P. The Morgan fingerprint density at radius 2 is 1.49 bits per heavy atom. The van der Waals surface area contributed by atoms with Crippen molar-refractivity contribution < 1.29 is 37.8 Å². The number of hydrogen-bond donors (Lipinski definition) is 4. The first kappa shape index (κ1) is 38.7. The van der Waals surface area contributed by atoms with E-state index in [9.17, 15) is 24.1 Å². The van der Waals surface area contributed by atoms with Crippen LogP contribution in [0.5, 0.6) is 0 Å². The Bertz CT molecular complexity index is 1090. The number of nitrogens with one attached hydrogen (secondary N) is 3. The molecule has 0 unspecified atom stereocenters. The van der Waals surface area contributed by atoms with Gasteiger partial charge in [0.1, 0.15) is 17.7 Å². The fraction of sp³-hybridized carbons (Fsp3) is 0.727. The van der Waals surface area contributed by atoms with Crippen LogP contribution in [-0.4, -0.2) is 65.8 Å². The van der Waals surface area contributed by atoms with Crippen molar-refractivity contribution in [3.05, 3.63) is 35.9 Å².